The van der Waals surface area contributed by atoms with Crippen molar-refractivity contribution in [2.45, 2.75) is 0 Å². The summed E-state index contributed by atoms with van der Waals surface area (Å²) in [7, 11) is 0. The molecule has 0 aliphatic carbocycles. The molecule has 0 unspecified atom stereocenters. The molecule has 8 aromatic carbocycles. The maximum Gasteiger partial charge on any atom is 0.159 e. The molecule has 3 nitrogen and oxygen atoms in total. The van der Waals surface area contributed by atoms with Crippen LogP contribution in [0.3, 0.4) is 0 Å². The molecule has 0 aliphatic rings. The fourth-order valence-corrected chi connectivity index (χ4v) is 7.62. The number of anilines is 3. The Morgan fingerprint density at radius 2 is 0.941 bits per heavy atom. The number of hydrogen-bond acceptors (Lipinski definition) is 2. The largest absolute Gasteiger partial charge is 0.454 e. The zero-order chi connectivity index (χ0) is 33.7. The molecule has 0 spiro atoms. The summed E-state index contributed by atoms with van der Waals surface area (Å²) in [5.74, 6) is 0. The normalized spacial score (nSPS) is 11.5. The third-order valence-electron chi connectivity index (χ3n) is 9.98. The summed E-state index contributed by atoms with van der Waals surface area (Å²) in [5.41, 5.74) is 13.0. The molecule has 0 fully saturated rings. The fraction of sp³-hybridized carbons (Fsp3) is 0. The lowest BCUT2D eigenvalue weighted by molar-refractivity contribution is 0.669. The maximum atomic E-state index is 6.60. The Bertz CT molecular complexity index is 2810. The molecule has 0 aliphatic heterocycles. The smallest absolute Gasteiger partial charge is 0.159 e. The zero-order valence-corrected chi connectivity index (χ0v) is 27.8. The average Bonchev–Trinajstić information content (AvgIpc) is 3.75. The van der Waals surface area contributed by atoms with Crippen LogP contribution in [-0.2, 0) is 0 Å². The van der Waals surface area contributed by atoms with Gasteiger partial charge in [0.15, 0.2) is 5.58 Å². The zero-order valence-electron chi connectivity index (χ0n) is 27.8. The molecule has 0 bridgehead atoms. The fourth-order valence-electron chi connectivity index (χ4n) is 7.62. The average molecular weight is 653 g/mol. The molecule has 3 heteroatoms. The first-order chi connectivity index (χ1) is 25.3. The van der Waals surface area contributed by atoms with Crippen molar-refractivity contribution in [2.75, 3.05) is 4.90 Å². The van der Waals surface area contributed by atoms with Crippen LogP contribution in [0.25, 0.3) is 71.7 Å². The van der Waals surface area contributed by atoms with E-state index in [2.05, 4.69) is 191 Å². The van der Waals surface area contributed by atoms with Crippen molar-refractivity contribution in [1.82, 2.24) is 4.57 Å². The third kappa shape index (κ3) is 4.90. The minimum atomic E-state index is 0.865. The molecule has 10 rings (SSSR count). The van der Waals surface area contributed by atoms with Gasteiger partial charge in [-0.2, -0.15) is 0 Å². The lowest BCUT2D eigenvalue weighted by Gasteiger charge is -2.26. The summed E-state index contributed by atoms with van der Waals surface area (Å²) in [5, 5.41) is 4.73. The Kier molecular flexibility index (Phi) is 6.81. The molecule has 0 saturated carbocycles. The molecule has 0 radical (unpaired) electrons. The van der Waals surface area contributed by atoms with Crippen LogP contribution in [0, 0.1) is 0 Å². The molecule has 2 aromatic heterocycles. The summed E-state index contributed by atoms with van der Waals surface area (Å²) in [4.78, 5) is 2.32. The molecule has 240 valence electrons. The maximum absolute atomic E-state index is 6.60. The Balaban J connectivity index is 1.13. The van der Waals surface area contributed by atoms with Crippen LogP contribution in [0.5, 0.6) is 0 Å². The summed E-state index contributed by atoms with van der Waals surface area (Å²) < 4.78 is 8.97. The molecule has 2 heterocycles. The van der Waals surface area contributed by atoms with Crippen molar-refractivity contribution in [3.8, 4) is 27.9 Å². The van der Waals surface area contributed by atoms with E-state index >= 15 is 0 Å². The molecule has 0 N–H and O–H groups in total. The van der Waals surface area contributed by atoms with Gasteiger partial charge < -0.3 is 13.9 Å². The number of hydrogen-bond donors (Lipinski definition) is 0. The second kappa shape index (κ2) is 11.9. The van der Waals surface area contributed by atoms with Gasteiger partial charge in [-0.1, -0.05) is 133 Å². The van der Waals surface area contributed by atoms with Crippen LogP contribution >= 0.6 is 0 Å². The van der Waals surface area contributed by atoms with E-state index in [1.807, 2.05) is 12.1 Å². The lowest BCUT2D eigenvalue weighted by Crippen LogP contribution is -2.10. The van der Waals surface area contributed by atoms with Crippen molar-refractivity contribution < 1.29 is 4.42 Å². The van der Waals surface area contributed by atoms with E-state index in [9.17, 15) is 0 Å². The van der Waals surface area contributed by atoms with Crippen LogP contribution in [0.15, 0.2) is 199 Å². The second-order valence-corrected chi connectivity index (χ2v) is 13.0. The first-order valence-electron chi connectivity index (χ1n) is 17.4. The molecule has 0 amide bonds. The van der Waals surface area contributed by atoms with Crippen molar-refractivity contribution in [3.63, 3.8) is 0 Å². The van der Waals surface area contributed by atoms with Gasteiger partial charge in [-0.05, 0) is 82.9 Å². The predicted molar refractivity (Wildman–Crippen MR) is 214 cm³/mol. The Morgan fingerprint density at radius 1 is 0.373 bits per heavy atom. The van der Waals surface area contributed by atoms with E-state index in [1.165, 1.54) is 32.9 Å². The first-order valence-corrected chi connectivity index (χ1v) is 17.4. The molecular formula is C48H32N2O. The highest BCUT2D eigenvalue weighted by Gasteiger charge is 2.20. The van der Waals surface area contributed by atoms with Gasteiger partial charge in [0.1, 0.15) is 5.58 Å². The Hall–Kier alpha value is -6.84. The van der Waals surface area contributed by atoms with Crippen molar-refractivity contribution in [3.05, 3.63) is 194 Å². The molecule has 51 heavy (non-hydrogen) atoms. The molecule has 0 atom stereocenters. The van der Waals surface area contributed by atoms with Crippen LogP contribution < -0.4 is 4.90 Å². The standard InChI is InChI=1S/C48H32N2O/c1-2-13-33(14-3-1)34-27-29-37(30-28-34)49(46-25-12-22-43-42-21-6-9-26-47(42)51-48(43)46)38-17-10-15-35(31-38)36-16-11-18-39(32-36)50-44-23-7-4-19-40(44)41-20-5-8-24-45(41)50/h1-32H. The summed E-state index contributed by atoms with van der Waals surface area (Å²) in [6.07, 6.45) is 0. The Labute approximate surface area is 295 Å². The highest BCUT2D eigenvalue weighted by Crippen LogP contribution is 2.43. The second-order valence-electron chi connectivity index (χ2n) is 13.0. The minimum absolute atomic E-state index is 0.865. The lowest BCUT2D eigenvalue weighted by atomic mass is 10.0. The Morgan fingerprint density at radius 3 is 1.71 bits per heavy atom. The topological polar surface area (TPSA) is 21.3 Å². The quantitative estimate of drug-likeness (QED) is 0.178. The van der Waals surface area contributed by atoms with Crippen LogP contribution in [0.4, 0.5) is 17.1 Å². The first kappa shape index (κ1) is 29.1. The number of rotatable bonds is 6. The van der Waals surface area contributed by atoms with Gasteiger partial charge in [0.2, 0.25) is 0 Å². The molecule has 0 saturated heterocycles. The summed E-state index contributed by atoms with van der Waals surface area (Å²) in [6.45, 7) is 0. The van der Waals surface area contributed by atoms with Gasteiger partial charge >= 0.3 is 0 Å². The number of para-hydroxylation sites is 4. The van der Waals surface area contributed by atoms with Gasteiger partial charge in [-0.3, -0.25) is 0 Å². The summed E-state index contributed by atoms with van der Waals surface area (Å²) >= 11 is 0. The van der Waals surface area contributed by atoms with Gasteiger partial charge in [0, 0.05) is 38.6 Å². The monoisotopic (exact) mass is 652 g/mol. The van der Waals surface area contributed by atoms with E-state index in [0.717, 1.165) is 55.8 Å². The van der Waals surface area contributed by atoms with Crippen LogP contribution in [0.1, 0.15) is 0 Å². The van der Waals surface area contributed by atoms with Gasteiger partial charge in [0.05, 0.1) is 16.7 Å². The van der Waals surface area contributed by atoms with Crippen LogP contribution in [-0.4, -0.2) is 4.57 Å². The molecular weight excluding hydrogens is 621 g/mol. The van der Waals surface area contributed by atoms with Crippen molar-refractivity contribution >= 4 is 60.8 Å². The number of furan rings is 1. The number of aromatic nitrogens is 1. The SMILES string of the molecule is c1ccc(-c2ccc(N(c3cccc(-c4cccc(-n5c6ccccc6c6ccccc65)c4)c3)c3cccc4c3oc3ccccc34)cc2)cc1. The van der Waals surface area contributed by atoms with E-state index in [1.54, 1.807) is 0 Å². The van der Waals surface area contributed by atoms with E-state index in [4.69, 9.17) is 4.42 Å². The van der Waals surface area contributed by atoms with E-state index < -0.39 is 0 Å². The number of nitrogens with zero attached hydrogens (tertiary/aromatic N) is 2. The number of benzene rings is 8. The minimum Gasteiger partial charge on any atom is -0.454 e. The third-order valence-corrected chi connectivity index (χ3v) is 9.98. The molecule has 10 aromatic rings. The van der Waals surface area contributed by atoms with E-state index in [0.29, 0.717) is 0 Å². The van der Waals surface area contributed by atoms with Crippen LogP contribution in [0.2, 0.25) is 0 Å². The van der Waals surface area contributed by atoms with Gasteiger partial charge in [0.25, 0.3) is 0 Å². The summed E-state index contributed by atoms with van der Waals surface area (Å²) in [6, 6.07) is 69.1. The highest BCUT2D eigenvalue weighted by atomic mass is 16.3. The van der Waals surface area contributed by atoms with Gasteiger partial charge in [-0.25, -0.2) is 0 Å². The number of fused-ring (bicyclic) bond motifs is 6. The van der Waals surface area contributed by atoms with E-state index in [-0.39, 0.29) is 0 Å². The van der Waals surface area contributed by atoms with Crippen molar-refractivity contribution in [1.29, 1.82) is 0 Å². The predicted octanol–water partition coefficient (Wildman–Crippen LogP) is 13.5. The highest BCUT2D eigenvalue weighted by molar-refractivity contribution is 6.11. The van der Waals surface area contributed by atoms with Gasteiger partial charge in [-0.15, -0.1) is 0 Å². The van der Waals surface area contributed by atoms with Crippen molar-refractivity contribution in [2.24, 2.45) is 0 Å².